The number of carbonyl (C=O) groups excluding carboxylic acids is 2. The van der Waals surface area contributed by atoms with Gasteiger partial charge in [0.05, 0.1) is 19.8 Å². The first-order valence-corrected chi connectivity index (χ1v) is 5.80. The Morgan fingerprint density at radius 2 is 1.58 bits per heavy atom. The summed E-state index contributed by atoms with van der Waals surface area (Å²) >= 11 is 0. The van der Waals surface area contributed by atoms with Crippen LogP contribution in [0.3, 0.4) is 0 Å². The third kappa shape index (κ3) is 5.30. The number of carbonyl (C=O) groups is 2. The fraction of sp³-hybridized carbons (Fsp3) is 0.429. The van der Waals surface area contributed by atoms with Crippen molar-refractivity contribution in [1.29, 1.82) is 0 Å². The Morgan fingerprint density at radius 1 is 1.05 bits per heavy atom. The lowest BCUT2D eigenvalue weighted by atomic mass is 9.95. The average Bonchev–Trinajstić information content (AvgIpc) is 2.46. The van der Waals surface area contributed by atoms with Crippen LogP contribution in [0.4, 0.5) is 0 Å². The highest BCUT2D eigenvalue weighted by molar-refractivity contribution is 5.91. The summed E-state index contributed by atoms with van der Waals surface area (Å²) in [5, 5.41) is 25.4. The second-order valence-corrected chi connectivity index (χ2v) is 4.60. The molecule has 0 heterocycles. The van der Waals surface area contributed by atoms with Crippen LogP contribution >= 0.6 is 0 Å². The molecule has 0 unspecified atom stereocenters. The van der Waals surface area contributed by atoms with Gasteiger partial charge in [0.15, 0.2) is 12.6 Å². The number of aliphatic hydroxyl groups excluding tert-OH is 3. The molecule has 1 aromatic rings. The summed E-state index contributed by atoms with van der Waals surface area (Å²) in [5.41, 5.74) is 1.08. The summed E-state index contributed by atoms with van der Waals surface area (Å²) in [6.45, 7) is 2.86. The van der Waals surface area contributed by atoms with Gasteiger partial charge in [0.25, 0.3) is 0 Å². The Hall–Kier alpha value is -1.56. The zero-order valence-corrected chi connectivity index (χ0v) is 11.2. The predicted octanol–water partition coefficient (Wildman–Crippen LogP) is 0.590. The van der Waals surface area contributed by atoms with Crippen LogP contribution in [0.5, 0.6) is 0 Å². The number of hydrogen-bond donors (Lipinski definition) is 3. The van der Waals surface area contributed by atoms with E-state index in [0.717, 1.165) is 5.56 Å². The van der Waals surface area contributed by atoms with Crippen molar-refractivity contribution in [2.75, 3.05) is 19.8 Å². The lowest BCUT2D eigenvalue weighted by Crippen LogP contribution is -2.29. The lowest BCUT2D eigenvalue weighted by molar-refractivity contribution is 0.0200. The molecule has 0 amide bonds. The van der Waals surface area contributed by atoms with Gasteiger partial charge in [0.1, 0.15) is 0 Å². The van der Waals surface area contributed by atoms with Crippen molar-refractivity contribution in [3.63, 3.8) is 0 Å². The van der Waals surface area contributed by atoms with Gasteiger partial charge in [-0.2, -0.15) is 0 Å². The molecule has 19 heavy (non-hydrogen) atoms. The molecule has 0 aliphatic rings. The van der Waals surface area contributed by atoms with Crippen LogP contribution in [0.15, 0.2) is 18.2 Å². The summed E-state index contributed by atoms with van der Waals surface area (Å²) in [6, 6.07) is 5.19. The van der Waals surface area contributed by atoms with Crippen molar-refractivity contribution in [3.05, 3.63) is 34.9 Å². The summed E-state index contributed by atoms with van der Waals surface area (Å²) in [4.78, 5) is 20.8. The molecule has 0 saturated heterocycles. The smallest absolute Gasteiger partial charge is 0.151 e. The maximum absolute atomic E-state index is 10.4. The van der Waals surface area contributed by atoms with Crippen LogP contribution in [0.2, 0.25) is 0 Å². The molecule has 1 rings (SSSR count). The van der Waals surface area contributed by atoms with E-state index in [9.17, 15) is 9.59 Å². The number of aryl methyl sites for hydroxylation is 1. The minimum atomic E-state index is -0.708. The second-order valence-electron chi connectivity index (χ2n) is 4.60. The first kappa shape index (κ1) is 17.4. The first-order chi connectivity index (χ1) is 8.97. The number of hydrogen-bond acceptors (Lipinski definition) is 5. The third-order valence-corrected chi connectivity index (χ3v) is 2.75. The van der Waals surface area contributed by atoms with Crippen LogP contribution in [-0.4, -0.2) is 47.7 Å². The van der Waals surface area contributed by atoms with Gasteiger partial charge < -0.3 is 15.3 Å². The minimum Gasteiger partial charge on any atom is -0.396 e. The summed E-state index contributed by atoms with van der Waals surface area (Å²) in [7, 11) is 0. The molecule has 0 radical (unpaired) electrons. The second kappa shape index (κ2) is 8.53. The van der Waals surface area contributed by atoms with E-state index in [-0.39, 0.29) is 19.8 Å². The molecular weight excluding hydrogens is 248 g/mol. The zero-order chi connectivity index (χ0) is 14.9. The third-order valence-electron chi connectivity index (χ3n) is 2.75. The molecule has 5 heteroatoms. The standard InChI is InChI=1S/C9H8O2.C5H12O3/c1-7-3-2-4-8(5-10)9(7)6-11;1-5(2-6,3-7)4-8/h2-6H,1H3;6-8H,2-4H2,1H3. The number of rotatable bonds is 5. The van der Waals surface area contributed by atoms with E-state index < -0.39 is 5.41 Å². The Kier molecular flexibility index (Phi) is 7.83. The van der Waals surface area contributed by atoms with Crippen molar-refractivity contribution in [1.82, 2.24) is 0 Å². The van der Waals surface area contributed by atoms with Crippen LogP contribution in [-0.2, 0) is 0 Å². The van der Waals surface area contributed by atoms with Crippen LogP contribution in [0.1, 0.15) is 33.2 Å². The monoisotopic (exact) mass is 268 g/mol. The molecule has 0 bridgehead atoms. The normalized spacial score (nSPS) is 10.4. The Balaban J connectivity index is 0.000000362. The molecule has 0 saturated carbocycles. The van der Waals surface area contributed by atoms with E-state index in [1.165, 1.54) is 0 Å². The van der Waals surface area contributed by atoms with Gasteiger partial charge in [0, 0.05) is 16.5 Å². The van der Waals surface area contributed by atoms with Crippen molar-refractivity contribution >= 4 is 12.6 Å². The van der Waals surface area contributed by atoms with Gasteiger partial charge in [-0.05, 0) is 12.5 Å². The molecule has 106 valence electrons. The fourth-order valence-electron chi connectivity index (χ4n) is 1.12. The zero-order valence-electron chi connectivity index (χ0n) is 11.2. The van der Waals surface area contributed by atoms with E-state index in [0.29, 0.717) is 23.7 Å². The number of aldehydes is 2. The van der Waals surface area contributed by atoms with Crippen LogP contribution < -0.4 is 0 Å². The maximum Gasteiger partial charge on any atom is 0.151 e. The Bertz CT molecular complexity index is 402. The van der Waals surface area contributed by atoms with Gasteiger partial charge in [-0.15, -0.1) is 0 Å². The van der Waals surface area contributed by atoms with E-state index >= 15 is 0 Å². The molecular formula is C14H20O5. The summed E-state index contributed by atoms with van der Waals surface area (Å²) in [6.07, 6.45) is 1.40. The lowest BCUT2D eigenvalue weighted by Gasteiger charge is -2.20. The fourth-order valence-corrected chi connectivity index (χ4v) is 1.12. The minimum absolute atomic E-state index is 0.181. The Labute approximate surface area is 112 Å². The molecule has 0 atom stereocenters. The van der Waals surface area contributed by atoms with Gasteiger partial charge in [-0.25, -0.2) is 0 Å². The highest BCUT2D eigenvalue weighted by Crippen LogP contribution is 2.11. The highest BCUT2D eigenvalue weighted by atomic mass is 16.3. The number of benzene rings is 1. The largest absolute Gasteiger partial charge is 0.396 e. The van der Waals surface area contributed by atoms with Gasteiger partial charge in [0.2, 0.25) is 0 Å². The molecule has 0 aliphatic heterocycles. The van der Waals surface area contributed by atoms with Gasteiger partial charge in [-0.1, -0.05) is 25.1 Å². The first-order valence-electron chi connectivity index (χ1n) is 5.80. The number of aliphatic hydroxyl groups is 3. The SMILES string of the molecule is CC(CO)(CO)CO.Cc1cccc(C=O)c1C=O. The van der Waals surface area contributed by atoms with Crippen LogP contribution in [0.25, 0.3) is 0 Å². The Morgan fingerprint density at radius 3 is 1.84 bits per heavy atom. The molecule has 1 aromatic carbocycles. The van der Waals surface area contributed by atoms with Crippen molar-refractivity contribution in [2.24, 2.45) is 5.41 Å². The topological polar surface area (TPSA) is 94.8 Å². The molecule has 0 aromatic heterocycles. The molecule has 0 fully saturated rings. The quantitative estimate of drug-likeness (QED) is 0.679. The molecule has 0 spiro atoms. The van der Waals surface area contributed by atoms with Crippen molar-refractivity contribution < 1.29 is 24.9 Å². The van der Waals surface area contributed by atoms with E-state index in [4.69, 9.17) is 15.3 Å². The van der Waals surface area contributed by atoms with E-state index in [1.54, 1.807) is 32.0 Å². The molecule has 0 aliphatic carbocycles. The predicted molar refractivity (Wildman–Crippen MR) is 71.3 cm³/mol. The van der Waals surface area contributed by atoms with E-state index in [2.05, 4.69) is 0 Å². The molecule has 3 N–H and O–H groups in total. The summed E-state index contributed by atoms with van der Waals surface area (Å²) in [5.74, 6) is 0. The van der Waals surface area contributed by atoms with Crippen molar-refractivity contribution in [3.8, 4) is 0 Å². The highest BCUT2D eigenvalue weighted by Gasteiger charge is 2.20. The van der Waals surface area contributed by atoms with Gasteiger partial charge in [-0.3, -0.25) is 9.59 Å². The van der Waals surface area contributed by atoms with Crippen molar-refractivity contribution in [2.45, 2.75) is 13.8 Å². The van der Waals surface area contributed by atoms with Crippen LogP contribution in [0, 0.1) is 12.3 Å². The summed E-state index contributed by atoms with van der Waals surface area (Å²) < 4.78 is 0. The van der Waals surface area contributed by atoms with Gasteiger partial charge >= 0.3 is 0 Å². The maximum atomic E-state index is 10.4. The van der Waals surface area contributed by atoms with E-state index in [1.807, 2.05) is 0 Å². The average molecular weight is 268 g/mol. The molecule has 5 nitrogen and oxygen atoms in total.